The first-order valence-electron chi connectivity index (χ1n) is 9.76. The molecule has 3 aromatic carbocycles. The number of hydrogen-bond donors (Lipinski definition) is 1. The molecule has 0 bridgehead atoms. The van der Waals surface area contributed by atoms with E-state index in [0.717, 1.165) is 16.5 Å². The molecule has 148 valence electrons. The van der Waals surface area contributed by atoms with Crippen molar-refractivity contribution in [1.29, 1.82) is 5.26 Å². The van der Waals surface area contributed by atoms with E-state index in [1.165, 1.54) is 0 Å². The summed E-state index contributed by atoms with van der Waals surface area (Å²) in [6, 6.07) is 23.4. The fourth-order valence-electron chi connectivity index (χ4n) is 2.96. The number of benzene rings is 3. The number of carbonyl (C=O) groups excluding carboxylic acids is 1. The number of anilines is 1. The minimum absolute atomic E-state index is 0.0619. The molecule has 0 atom stereocenters. The van der Waals surface area contributed by atoms with Crippen LogP contribution in [0.25, 0.3) is 10.8 Å². The Hall–Kier alpha value is -3.52. The Balaban J connectivity index is 1.42. The molecule has 1 N–H and O–H groups in total. The average Bonchev–Trinajstić information content (AvgIpc) is 2.75. The molecule has 5 heteroatoms. The van der Waals surface area contributed by atoms with Crippen LogP contribution in [-0.4, -0.2) is 19.1 Å². The third kappa shape index (κ3) is 6.25. The van der Waals surface area contributed by atoms with Gasteiger partial charge in [-0.05, 0) is 36.4 Å². The van der Waals surface area contributed by atoms with Gasteiger partial charge >= 0.3 is 0 Å². The van der Waals surface area contributed by atoms with Crippen LogP contribution >= 0.6 is 0 Å². The van der Waals surface area contributed by atoms with Crippen LogP contribution in [0.3, 0.4) is 0 Å². The van der Waals surface area contributed by atoms with Gasteiger partial charge in [-0.1, -0.05) is 42.5 Å². The van der Waals surface area contributed by atoms with Gasteiger partial charge in [0.25, 0.3) is 0 Å². The molecule has 0 heterocycles. The number of nitrogens with zero attached hydrogens (tertiary/aromatic N) is 1. The average molecular weight is 388 g/mol. The summed E-state index contributed by atoms with van der Waals surface area (Å²) < 4.78 is 11.5. The standard InChI is InChI=1S/C24H24N2O3/c25-15-3-4-16-28-21-11-6-10-20(18-21)26-24(27)14-7-17-29-23-13-5-9-19-8-1-2-12-22(19)23/h1-2,5-6,8-13,18H,3-4,7,14,16-17H2,(H,26,27). The number of rotatable bonds is 10. The Morgan fingerprint density at radius 3 is 2.62 bits per heavy atom. The fourth-order valence-corrected chi connectivity index (χ4v) is 2.96. The first-order chi connectivity index (χ1) is 14.3. The first-order valence-corrected chi connectivity index (χ1v) is 9.76. The van der Waals surface area contributed by atoms with E-state index in [-0.39, 0.29) is 5.91 Å². The van der Waals surface area contributed by atoms with E-state index in [4.69, 9.17) is 14.7 Å². The lowest BCUT2D eigenvalue weighted by atomic mass is 10.1. The maximum atomic E-state index is 12.2. The Kier molecular flexibility index (Phi) is 7.48. The van der Waals surface area contributed by atoms with Crippen LogP contribution in [0.4, 0.5) is 5.69 Å². The van der Waals surface area contributed by atoms with Gasteiger partial charge in [-0.2, -0.15) is 5.26 Å². The number of unbranched alkanes of at least 4 members (excludes halogenated alkanes) is 1. The van der Waals surface area contributed by atoms with E-state index in [1.54, 1.807) is 6.07 Å². The number of hydrogen-bond acceptors (Lipinski definition) is 4. The highest BCUT2D eigenvalue weighted by molar-refractivity contribution is 5.91. The van der Waals surface area contributed by atoms with Crippen molar-refractivity contribution >= 4 is 22.4 Å². The second-order valence-electron chi connectivity index (χ2n) is 6.62. The first kappa shape index (κ1) is 20.2. The third-order valence-electron chi connectivity index (χ3n) is 4.37. The molecule has 0 aliphatic carbocycles. The van der Waals surface area contributed by atoms with Gasteiger partial charge in [0.05, 0.1) is 19.3 Å². The monoisotopic (exact) mass is 388 g/mol. The SMILES string of the molecule is N#CCCCOc1cccc(NC(=O)CCCOc2cccc3ccccc23)c1. The van der Waals surface area contributed by atoms with Crippen molar-refractivity contribution in [3.05, 3.63) is 66.7 Å². The van der Waals surface area contributed by atoms with Crippen LogP contribution in [0, 0.1) is 11.3 Å². The second kappa shape index (κ2) is 10.7. The summed E-state index contributed by atoms with van der Waals surface area (Å²) in [5, 5.41) is 13.6. The number of nitrogens with one attached hydrogen (secondary N) is 1. The van der Waals surface area contributed by atoms with Crippen molar-refractivity contribution in [2.45, 2.75) is 25.7 Å². The largest absolute Gasteiger partial charge is 0.493 e. The highest BCUT2D eigenvalue weighted by Gasteiger charge is 2.05. The summed E-state index contributed by atoms with van der Waals surface area (Å²) in [5.74, 6) is 1.46. The van der Waals surface area contributed by atoms with E-state index < -0.39 is 0 Å². The number of nitriles is 1. The van der Waals surface area contributed by atoms with E-state index in [9.17, 15) is 4.79 Å². The van der Waals surface area contributed by atoms with Crippen LogP contribution in [0.5, 0.6) is 11.5 Å². The zero-order valence-electron chi connectivity index (χ0n) is 16.3. The molecule has 0 aliphatic heterocycles. The Morgan fingerprint density at radius 2 is 1.72 bits per heavy atom. The molecule has 5 nitrogen and oxygen atoms in total. The molecule has 0 aromatic heterocycles. The van der Waals surface area contributed by atoms with Crippen LogP contribution in [0.15, 0.2) is 66.7 Å². The van der Waals surface area contributed by atoms with Gasteiger partial charge in [-0.3, -0.25) is 4.79 Å². The molecule has 3 rings (SSSR count). The highest BCUT2D eigenvalue weighted by Crippen LogP contribution is 2.25. The Bertz CT molecular complexity index is 989. The van der Waals surface area contributed by atoms with Gasteiger partial charge in [0.15, 0.2) is 0 Å². The van der Waals surface area contributed by atoms with E-state index in [2.05, 4.69) is 23.5 Å². The summed E-state index contributed by atoms with van der Waals surface area (Å²) in [6.07, 6.45) is 2.15. The molecule has 0 saturated carbocycles. The molecule has 0 spiro atoms. The summed E-state index contributed by atoms with van der Waals surface area (Å²) in [4.78, 5) is 12.2. The van der Waals surface area contributed by atoms with Gasteiger partial charge in [0, 0.05) is 30.0 Å². The van der Waals surface area contributed by atoms with Crippen LogP contribution in [0.2, 0.25) is 0 Å². The molecule has 0 unspecified atom stereocenters. The lowest BCUT2D eigenvalue weighted by Crippen LogP contribution is -2.13. The molecule has 0 aliphatic rings. The van der Waals surface area contributed by atoms with Gasteiger partial charge in [-0.25, -0.2) is 0 Å². The predicted molar refractivity (Wildman–Crippen MR) is 114 cm³/mol. The zero-order chi connectivity index (χ0) is 20.3. The molecule has 0 radical (unpaired) electrons. The fraction of sp³-hybridized carbons (Fsp3) is 0.250. The number of fused-ring (bicyclic) bond motifs is 1. The molecule has 1 amide bonds. The number of amides is 1. The maximum Gasteiger partial charge on any atom is 0.224 e. The van der Waals surface area contributed by atoms with Crippen molar-refractivity contribution in [1.82, 2.24) is 0 Å². The summed E-state index contributed by atoms with van der Waals surface area (Å²) >= 11 is 0. The van der Waals surface area contributed by atoms with Crippen molar-refractivity contribution in [2.24, 2.45) is 0 Å². The summed E-state index contributed by atoms with van der Waals surface area (Å²) in [5.41, 5.74) is 0.697. The van der Waals surface area contributed by atoms with Crippen molar-refractivity contribution < 1.29 is 14.3 Å². The van der Waals surface area contributed by atoms with Crippen molar-refractivity contribution in [3.8, 4) is 17.6 Å². The predicted octanol–water partition coefficient (Wildman–Crippen LogP) is 5.32. The van der Waals surface area contributed by atoms with E-state index >= 15 is 0 Å². The van der Waals surface area contributed by atoms with Gasteiger partial charge in [0.1, 0.15) is 11.5 Å². The van der Waals surface area contributed by atoms with E-state index in [0.29, 0.717) is 50.3 Å². The smallest absolute Gasteiger partial charge is 0.224 e. The minimum atomic E-state index is -0.0619. The topological polar surface area (TPSA) is 71.3 Å². The molecular formula is C24H24N2O3. The Morgan fingerprint density at radius 1 is 0.931 bits per heavy atom. The van der Waals surface area contributed by atoms with Crippen LogP contribution in [0.1, 0.15) is 25.7 Å². The van der Waals surface area contributed by atoms with Crippen LogP contribution < -0.4 is 14.8 Å². The molecular weight excluding hydrogens is 364 g/mol. The third-order valence-corrected chi connectivity index (χ3v) is 4.37. The van der Waals surface area contributed by atoms with Crippen LogP contribution in [-0.2, 0) is 4.79 Å². The molecule has 0 fully saturated rings. The Labute approximate surface area is 170 Å². The highest BCUT2D eigenvalue weighted by atomic mass is 16.5. The zero-order valence-corrected chi connectivity index (χ0v) is 16.3. The summed E-state index contributed by atoms with van der Waals surface area (Å²) in [6.45, 7) is 0.958. The van der Waals surface area contributed by atoms with E-state index in [1.807, 2.05) is 48.5 Å². The second-order valence-corrected chi connectivity index (χ2v) is 6.62. The lowest BCUT2D eigenvalue weighted by Gasteiger charge is -2.10. The molecule has 29 heavy (non-hydrogen) atoms. The van der Waals surface area contributed by atoms with Crippen molar-refractivity contribution in [2.75, 3.05) is 18.5 Å². The number of carbonyl (C=O) groups is 1. The minimum Gasteiger partial charge on any atom is -0.493 e. The maximum absolute atomic E-state index is 12.2. The number of ether oxygens (including phenoxy) is 2. The van der Waals surface area contributed by atoms with Gasteiger partial charge < -0.3 is 14.8 Å². The van der Waals surface area contributed by atoms with Gasteiger partial charge in [0.2, 0.25) is 5.91 Å². The lowest BCUT2D eigenvalue weighted by molar-refractivity contribution is -0.116. The quantitative estimate of drug-likeness (QED) is 0.477. The molecule has 0 saturated heterocycles. The van der Waals surface area contributed by atoms with Gasteiger partial charge in [-0.15, -0.1) is 0 Å². The summed E-state index contributed by atoms with van der Waals surface area (Å²) in [7, 11) is 0. The molecule has 3 aromatic rings. The normalized spacial score (nSPS) is 10.3. The van der Waals surface area contributed by atoms with Crippen molar-refractivity contribution in [3.63, 3.8) is 0 Å².